The van der Waals surface area contributed by atoms with Gasteiger partial charge in [-0.3, -0.25) is 9.69 Å². The fraction of sp³-hybridized carbons (Fsp3) is 0.929. The Bertz CT molecular complexity index is 274. The summed E-state index contributed by atoms with van der Waals surface area (Å²) in [6, 6.07) is 0.681. The number of hydrogen-bond donors (Lipinski definition) is 1. The molecule has 0 radical (unpaired) electrons. The summed E-state index contributed by atoms with van der Waals surface area (Å²) in [5, 5.41) is 0. The van der Waals surface area contributed by atoms with Crippen LogP contribution in [0, 0.1) is 5.92 Å². The fourth-order valence-corrected chi connectivity index (χ4v) is 3.33. The summed E-state index contributed by atoms with van der Waals surface area (Å²) in [7, 11) is 2.09. The van der Waals surface area contributed by atoms with Gasteiger partial charge in [-0.2, -0.15) is 0 Å². The second kappa shape index (κ2) is 6.53. The molecular formula is C14H27N3O. The predicted molar refractivity (Wildman–Crippen MR) is 73.2 cm³/mol. The smallest absolute Gasteiger partial charge is 0.223 e. The van der Waals surface area contributed by atoms with Crippen molar-refractivity contribution < 1.29 is 4.79 Å². The maximum atomic E-state index is 11.5. The second-order valence-electron chi connectivity index (χ2n) is 6.00. The van der Waals surface area contributed by atoms with Gasteiger partial charge in [0.05, 0.1) is 5.92 Å². The summed E-state index contributed by atoms with van der Waals surface area (Å²) in [4.78, 5) is 16.3. The summed E-state index contributed by atoms with van der Waals surface area (Å²) in [6.45, 7) is 3.83. The third-order valence-electron chi connectivity index (χ3n) is 4.50. The Labute approximate surface area is 110 Å². The number of carbonyl (C=O) groups excluding carboxylic acids is 1. The first-order chi connectivity index (χ1) is 8.66. The number of carbonyl (C=O) groups is 1. The molecule has 0 bridgehead atoms. The predicted octanol–water partition coefficient (Wildman–Crippen LogP) is 1.06. The Hall–Kier alpha value is -0.610. The van der Waals surface area contributed by atoms with Gasteiger partial charge in [-0.1, -0.05) is 25.7 Å². The second-order valence-corrected chi connectivity index (χ2v) is 6.00. The van der Waals surface area contributed by atoms with Crippen LogP contribution in [-0.2, 0) is 4.79 Å². The van der Waals surface area contributed by atoms with Crippen LogP contribution in [0.3, 0.4) is 0 Å². The van der Waals surface area contributed by atoms with Crippen LogP contribution < -0.4 is 5.73 Å². The molecule has 1 aliphatic carbocycles. The lowest BCUT2D eigenvalue weighted by Gasteiger charge is -2.31. The van der Waals surface area contributed by atoms with E-state index in [1.807, 2.05) is 0 Å². The zero-order chi connectivity index (χ0) is 13.0. The van der Waals surface area contributed by atoms with Gasteiger partial charge in [-0.15, -0.1) is 0 Å². The van der Waals surface area contributed by atoms with Crippen molar-refractivity contribution in [3.63, 3.8) is 0 Å². The first-order valence-electron chi connectivity index (χ1n) is 7.38. The molecule has 1 atom stereocenters. The average molecular weight is 253 g/mol. The molecule has 0 aromatic rings. The van der Waals surface area contributed by atoms with E-state index in [0.29, 0.717) is 6.04 Å². The minimum Gasteiger partial charge on any atom is -0.369 e. The monoisotopic (exact) mass is 253 g/mol. The SMILES string of the molecule is CN1CCN(C2CCCCCC2)C[C@@H](C(N)=O)C1. The highest BCUT2D eigenvalue weighted by molar-refractivity contribution is 5.77. The minimum atomic E-state index is -0.137. The molecule has 0 unspecified atom stereocenters. The van der Waals surface area contributed by atoms with Crippen LogP contribution in [0.2, 0.25) is 0 Å². The standard InChI is InChI=1S/C14H27N3O/c1-16-8-9-17(11-12(10-16)14(15)18)13-6-4-2-3-5-7-13/h12-13H,2-11H2,1H3,(H2,15,18)/t12-/m0/s1. The third-order valence-corrected chi connectivity index (χ3v) is 4.50. The number of rotatable bonds is 2. The highest BCUT2D eigenvalue weighted by atomic mass is 16.1. The quantitative estimate of drug-likeness (QED) is 0.749. The Morgan fingerprint density at radius 3 is 2.33 bits per heavy atom. The molecule has 2 N–H and O–H groups in total. The molecular weight excluding hydrogens is 226 g/mol. The lowest BCUT2D eigenvalue weighted by molar-refractivity contribution is -0.122. The van der Waals surface area contributed by atoms with Crippen LogP contribution in [0.15, 0.2) is 0 Å². The lowest BCUT2D eigenvalue weighted by atomic mass is 10.0. The van der Waals surface area contributed by atoms with Gasteiger partial charge < -0.3 is 10.6 Å². The molecule has 1 aliphatic heterocycles. The molecule has 18 heavy (non-hydrogen) atoms. The van der Waals surface area contributed by atoms with Crippen molar-refractivity contribution in [2.45, 2.75) is 44.6 Å². The summed E-state index contributed by atoms with van der Waals surface area (Å²) in [5.41, 5.74) is 5.53. The van der Waals surface area contributed by atoms with Crippen LogP contribution in [0.4, 0.5) is 0 Å². The van der Waals surface area contributed by atoms with Crippen molar-refractivity contribution in [2.24, 2.45) is 11.7 Å². The molecule has 4 nitrogen and oxygen atoms in total. The van der Waals surface area contributed by atoms with E-state index in [-0.39, 0.29) is 11.8 Å². The van der Waals surface area contributed by atoms with E-state index in [1.165, 1.54) is 38.5 Å². The van der Waals surface area contributed by atoms with Gasteiger partial charge in [-0.25, -0.2) is 0 Å². The Balaban J connectivity index is 1.99. The number of primary amides is 1. The number of likely N-dealkylation sites (N-methyl/N-ethyl adjacent to an activating group) is 1. The topological polar surface area (TPSA) is 49.6 Å². The summed E-state index contributed by atoms with van der Waals surface area (Å²) in [5.74, 6) is -0.136. The molecule has 1 amide bonds. The van der Waals surface area contributed by atoms with E-state index in [4.69, 9.17) is 5.73 Å². The molecule has 2 fully saturated rings. The van der Waals surface area contributed by atoms with Gasteiger partial charge in [0, 0.05) is 32.2 Å². The summed E-state index contributed by atoms with van der Waals surface area (Å²) < 4.78 is 0. The van der Waals surface area contributed by atoms with Crippen LogP contribution in [0.5, 0.6) is 0 Å². The van der Waals surface area contributed by atoms with E-state index in [9.17, 15) is 4.79 Å². The van der Waals surface area contributed by atoms with E-state index < -0.39 is 0 Å². The van der Waals surface area contributed by atoms with Gasteiger partial charge >= 0.3 is 0 Å². The Morgan fingerprint density at radius 2 is 1.72 bits per heavy atom. The number of hydrogen-bond acceptors (Lipinski definition) is 3. The van der Waals surface area contributed by atoms with E-state index >= 15 is 0 Å². The summed E-state index contributed by atoms with van der Waals surface area (Å²) >= 11 is 0. The Kier molecular flexibility index (Phi) is 5.01. The zero-order valence-electron chi connectivity index (χ0n) is 11.6. The average Bonchev–Trinajstić information content (AvgIpc) is 2.69. The lowest BCUT2D eigenvalue weighted by Crippen LogP contribution is -2.42. The fourth-order valence-electron chi connectivity index (χ4n) is 3.33. The van der Waals surface area contributed by atoms with Crippen molar-refractivity contribution in [1.82, 2.24) is 9.80 Å². The van der Waals surface area contributed by atoms with Crippen LogP contribution in [0.1, 0.15) is 38.5 Å². The molecule has 1 heterocycles. The van der Waals surface area contributed by atoms with Crippen molar-refractivity contribution in [2.75, 3.05) is 33.2 Å². The van der Waals surface area contributed by atoms with E-state index in [1.54, 1.807) is 0 Å². The third kappa shape index (κ3) is 3.69. The van der Waals surface area contributed by atoms with Gasteiger partial charge in [0.2, 0.25) is 5.91 Å². The zero-order valence-corrected chi connectivity index (χ0v) is 11.6. The van der Waals surface area contributed by atoms with E-state index in [2.05, 4.69) is 16.8 Å². The molecule has 4 heteroatoms. The molecule has 0 aromatic heterocycles. The van der Waals surface area contributed by atoms with Crippen molar-refractivity contribution in [3.8, 4) is 0 Å². The molecule has 1 saturated heterocycles. The van der Waals surface area contributed by atoms with E-state index in [0.717, 1.165) is 26.2 Å². The van der Waals surface area contributed by atoms with Crippen molar-refractivity contribution in [3.05, 3.63) is 0 Å². The molecule has 104 valence electrons. The van der Waals surface area contributed by atoms with Crippen molar-refractivity contribution in [1.29, 1.82) is 0 Å². The van der Waals surface area contributed by atoms with Gasteiger partial charge in [0.25, 0.3) is 0 Å². The number of nitrogens with zero attached hydrogens (tertiary/aromatic N) is 2. The first kappa shape index (κ1) is 13.8. The molecule has 0 spiro atoms. The first-order valence-corrected chi connectivity index (χ1v) is 7.38. The van der Waals surface area contributed by atoms with Crippen LogP contribution >= 0.6 is 0 Å². The van der Waals surface area contributed by atoms with Gasteiger partial charge in [0.1, 0.15) is 0 Å². The number of amides is 1. The molecule has 2 aliphatic rings. The van der Waals surface area contributed by atoms with Crippen LogP contribution in [-0.4, -0.2) is 55.0 Å². The highest BCUT2D eigenvalue weighted by Crippen LogP contribution is 2.23. The Morgan fingerprint density at radius 1 is 1.06 bits per heavy atom. The summed E-state index contributed by atoms with van der Waals surface area (Å²) in [6.07, 6.45) is 8.05. The maximum Gasteiger partial charge on any atom is 0.223 e. The highest BCUT2D eigenvalue weighted by Gasteiger charge is 2.29. The largest absolute Gasteiger partial charge is 0.369 e. The molecule has 2 rings (SSSR count). The molecule has 1 saturated carbocycles. The maximum absolute atomic E-state index is 11.5. The van der Waals surface area contributed by atoms with Gasteiger partial charge in [0.15, 0.2) is 0 Å². The normalized spacial score (nSPS) is 29.7. The minimum absolute atomic E-state index is 0.000697. The van der Waals surface area contributed by atoms with Gasteiger partial charge in [-0.05, 0) is 19.9 Å². The molecule has 0 aromatic carbocycles. The number of nitrogens with two attached hydrogens (primary N) is 1. The van der Waals surface area contributed by atoms with Crippen LogP contribution in [0.25, 0.3) is 0 Å². The van der Waals surface area contributed by atoms with Crippen molar-refractivity contribution >= 4 is 5.91 Å².